The summed E-state index contributed by atoms with van der Waals surface area (Å²) >= 11 is 6.33. The van der Waals surface area contributed by atoms with E-state index in [1.807, 2.05) is 6.07 Å². The Balaban J connectivity index is 1.28. The standard InChI is InChI=1S/C23H25ClN4O3/c1-30-18-5-6-19-20(15-18)31-16-21(24)28(23(19)29)12-3-2-11-27-13-7-17(8-14-27)22-25-9-4-10-26-22/h4-7,9-10,15-16H,2-3,8,11-14H2,1H3. The highest BCUT2D eigenvalue weighted by molar-refractivity contribution is 6.30. The van der Waals surface area contributed by atoms with Crippen LogP contribution in [0.3, 0.4) is 0 Å². The Morgan fingerprint density at radius 2 is 2.00 bits per heavy atom. The molecule has 1 aromatic heterocycles. The number of methoxy groups -OCH3 is 1. The number of amides is 1. The maximum absolute atomic E-state index is 13.0. The number of halogens is 1. The fourth-order valence-corrected chi connectivity index (χ4v) is 3.92. The molecule has 7 nitrogen and oxygen atoms in total. The molecular formula is C23H25ClN4O3. The zero-order chi connectivity index (χ0) is 21.6. The van der Waals surface area contributed by atoms with Gasteiger partial charge in [-0.25, -0.2) is 9.97 Å². The summed E-state index contributed by atoms with van der Waals surface area (Å²) in [6.07, 6.45) is 9.93. The van der Waals surface area contributed by atoms with Crippen LogP contribution in [0.1, 0.15) is 35.4 Å². The molecule has 4 rings (SSSR count). The molecule has 0 saturated carbocycles. The second-order valence-electron chi connectivity index (χ2n) is 7.44. The van der Waals surface area contributed by atoms with Gasteiger partial charge in [0.25, 0.3) is 5.91 Å². The molecule has 0 radical (unpaired) electrons. The molecule has 0 atom stereocenters. The van der Waals surface area contributed by atoms with Crippen molar-refractivity contribution in [2.45, 2.75) is 19.3 Å². The van der Waals surface area contributed by atoms with E-state index in [4.69, 9.17) is 21.1 Å². The molecule has 0 spiro atoms. The van der Waals surface area contributed by atoms with Crippen molar-refractivity contribution in [2.24, 2.45) is 0 Å². The molecule has 8 heteroatoms. The largest absolute Gasteiger partial charge is 0.497 e. The summed E-state index contributed by atoms with van der Waals surface area (Å²) in [5.41, 5.74) is 1.68. The van der Waals surface area contributed by atoms with E-state index < -0.39 is 0 Å². The Kier molecular flexibility index (Phi) is 6.84. The topological polar surface area (TPSA) is 67.8 Å². The van der Waals surface area contributed by atoms with Crippen LogP contribution in [0.15, 0.2) is 54.2 Å². The SMILES string of the molecule is COc1ccc2c(c1)OC=C(Cl)N(CCCCN1CC=C(c3ncccn3)CC1)C2=O. The first-order valence-corrected chi connectivity index (χ1v) is 10.7. The molecule has 0 unspecified atom stereocenters. The third kappa shape index (κ3) is 5.06. The Labute approximate surface area is 186 Å². The number of ether oxygens (including phenoxy) is 2. The predicted octanol–water partition coefficient (Wildman–Crippen LogP) is 3.93. The van der Waals surface area contributed by atoms with Crippen molar-refractivity contribution in [3.8, 4) is 11.5 Å². The molecule has 2 aromatic rings. The van der Waals surface area contributed by atoms with Gasteiger partial charge in [-0.3, -0.25) is 14.6 Å². The number of rotatable bonds is 7. The van der Waals surface area contributed by atoms with E-state index in [1.54, 1.807) is 42.6 Å². The van der Waals surface area contributed by atoms with Crippen LogP contribution in [0.5, 0.6) is 11.5 Å². The van der Waals surface area contributed by atoms with Crippen LogP contribution in [0.2, 0.25) is 0 Å². The van der Waals surface area contributed by atoms with Crippen LogP contribution < -0.4 is 9.47 Å². The number of carbonyl (C=O) groups is 1. The van der Waals surface area contributed by atoms with Crippen molar-refractivity contribution in [2.75, 3.05) is 33.3 Å². The van der Waals surface area contributed by atoms with Crippen molar-refractivity contribution in [1.82, 2.24) is 19.8 Å². The third-order valence-corrected chi connectivity index (χ3v) is 5.75. The first kappa shape index (κ1) is 21.3. The lowest BCUT2D eigenvalue weighted by molar-refractivity contribution is 0.0814. The average Bonchev–Trinajstić information content (AvgIpc) is 2.93. The molecule has 3 heterocycles. The van der Waals surface area contributed by atoms with Gasteiger partial charge in [-0.15, -0.1) is 0 Å². The highest BCUT2D eigenvalue weighted by atomic mass is 35.5. The number of fused-ring (bicyclic) bond motifs is 1. The van der Waals surface area contributed by atoms with Gasteiger partial charge in [0, 0.05) is 38.1 Å². The van der Waals surface area contributed by atoms with Crippen molar-refractivity contribution >= 4 is 23.1 Å². The van der Waals surface area contributed by atoms with E-state index in [-0.39, 0.29) is 11.1 Å². The number of hydrogen-bond donors (Lipinski definition) is 0. The molecule has 1 amide bonds. The number of hydrogen-bond acceptors (Lipinski definition) is 6. The minimum atomic E-state index is -0.162. The summed E-state index contributed by atoms with van der Waals surface area (Å²) < 4.78 is 10.8. The highest BCUT2D eigenvalue weighted by Crippen LogP contribution is 2.31. The lowest BCUT2D eigenvalue weighted by Gasteiger charge is -2.26. The first-order chi connectivity index (χ1) is 15.2. The molecule has 31 heavy (non-hydrogen) atoms. The van der Waals surface area contributed by atoms with Crippen LogP contribution in [0, 0.1) is 0 Å². The van der Waals surface area contributed by atoms with E-state index >= 15 is 0 Å². The molecule has 1 aromatic carbocycles. The molecule has 2 aliphatic heterocycles. The molecular weight excluding hydrogens is 416 g/mol. The summed E-state index contributed by atoms with van der Waals surface area (Å²) in [6.45, 7) is 3.37. The van der Waals surface area contributed by atoms with Crippen LogP contribution in [0.25, 0.3) is 5.57 Å². The Morgan fingerprint density at radius 3 is 2.74 bits per heavy atom. The maximum atomic E-state index is 13.0. The van der Waals surface area contributed by atoms with Gasteiger partial charge in [0.1, 0.15) is 22.9 Å². The van der Waals surface area contributed by atoms with Gasteiger partial charge in [0.15, 0.2) is 5.82 Å². The molecule has 0 saturated heterocycles. The van der Waals surface area contributed by atoms with E-state index in [9.17, 15) is 4.79 Å². The maximum Gasteiger partial charge on any atom is 0.262 e. The molecule has 2 aliphatic rings. The molecule has 162 valence electrons. The predicted molar refractivity (Wildman–Crippen MR) is 119 cm³/mol. The van der Waals surface area contributed by atoms with Crippen molar-refractivity contribution < 1.29 is 14.3 Å². The van der Waals surface area contributed by atoms with Gasteiger partial charge in [-0.1, -0.05) is 17.7 Å². The molecule has 0 fully saturated rings. The molecule has 0 bridgehead atoms. The van der Waals surface area contributed by atoms with Crippen molar-refractivity contribution in [3.63, 3.8) is 0 Å². The first-order valence-electron chi connectivity index (χ1n) is 10.4. The van der Waals surface area contributed by atoms with Gasteiger partial charge < -0.3 is 9.47 Å². The monoisotopic (exact) mass is 440 g/mol. The minimum Gasteiger partial charge on any atom is -0.497 e. The second-order valence-corrected chi connectivity index (χ2v) is 7.82. The highest BCUT2D eigenvalue weighted by Gasteiger charge is 2.25. The van der Waals surface area contributed by atoms with E-state index in [0.29, 0.717) is 23.6 Å². The summed E-state index contributed by atoms with van der Waals surface area (Å²) in [5, 5.41) is 0.286. The van der Waals surface area contributed by atoms with E-state index in [0.717, 1.165) is 44.7 Å². The lowest BCUT2D eigenvalue weighted by Crippen LogP contribution is -2.32. The molecule has 0 N–H and O–H groups in total. The Hall–Kier alpha value is -2.90. The minimum absolute atomic E-state index is 0.162. The summed E-state index contributed by atoms with van der Waals surface area (Å²) in [6, 6.07) is 6.98. The van der Waals surface area contributed by atoms with Crippen molar-refractivity contribution in [1.29, 1.82) is 0 Å². The average molecular weight is 441 g/mol. The summed E-state index contributed by atoms with van der Waals surface area (Å²) in [5.74, 6) is 1.73. The Bertz CT molecular complexity index is 994. The van der Waals surface area contributed by atoms with Gasteiger partial charge in [0.05, 0.1) is 12.7 Å². The molecule has 0 aliphatic carbocycles. The van der Waals surface area contributed by atoms with Crippen LogP contribution in [-0.2, 0) is 0 Å². The third-order valence-electron chi connectivity index (χ3n) is 5.46. The van der Waals surface area contributed by atoms with Crippen molar-refractivity contribution in [3.05, 3.63) is 65.5 Å². The summed E-state index contributed by atoms with van der Waals surface area (Å²) in [4.78, 5) is 25.6. The number of nitrogens with zero attached hydrogens (tertiary/aromatic N) is 4. The smallest absolute Gasteiger partial charge is 0.262 e. The zero-order valence-electron chi connectivity index (χ0n) is 17.5. The number of carbonyl (C=O) groups excluding carboxylic acids is 1. The zero-order valence-corrected chi connectivity index (χ0v) is 18.2. The van der Waals surface area contributed by atoms with E-state index in [1.165, 1.54) is 11.8 Å². The second kappa shape index (κ2) is 9.94. The van der Waals surface area contributed by atoms with Gasteiger partial charge in [0.2, 0.25) is 0 Å². The fraction of sp³-hybridized carbons (Fsp3) is 0.348. The number of aromatic nitrogens is 2. The summed E-state index contributed by atoms with van der Waals surface area (Å²) in [7, 11) is 1.57. The van der Waals surface area contributed by atoms with Crippen LogP contribution >= 0.6 is 11.6 Å². The fourth-order valence-electron chi connectivity index (χ4n) is 3.72. The van der Waals surface area contributed by atoms with Crippen LogP contribution in [0.4, 0.5) is 0 Å². The lowest BCUT2D eigenvalue weighted by atomic mass is 10.1. The number of benzene rings is 1. The normalized spacial score (nSPS) is 16.7. The number of unbranched alkanes of at least 4 members (excludes halogenated alkanes) is 1. The van der Waals surface area contributed by atoms with Gasteiger partial charge in [-0.2, -0.15) is 0 Å². The van der Waals surface area contributed by atoms with Crippen LogP contribution in [-0.4, -0.2) is 59.0 Å². The van der Waals surface area contributed by atoms with Gasteiger partial charge in [-0.05, 0) is 49.6 Å². The van der Waals surface area contributed by atoms with E-state index in [2.05, 4.69) is 20.9 Å². The quantitative estimate of drug-likeness (QED) is 0.480. The van der Waals surface area contributed by atoms with Gasteiger partial charge >= 0.3 is 0 Å². The Morgan fingerprint density at radius 1 is 1.19 bits per heavy atom.